The van der Waals surface area contributed by atoms with Crippen molar-refractivity contribution in [2.24, 2.45) is 0 Å². The lowest BCUT2D eigenvalue weighted by Crippen LogP contribution is -2.16. The lowest BCUT2D eigenvalue weighted by molar-refractivity contribution is 0.631. The molecule has 0 N–H and O–H groups in total. The van der Waals surface area contributed by atoms with Crippen LogP contribution in [0.3, 0.4) is 0 Å². The molecule has 13 rings (SSSR count). The van der Waals surface area contributed by atoms with E-state index in [-0.39, 0.29) is 5.41 Å². The number of aromatic nitrogens is 1. The van der Waals surface area contributed by atoms with Crippen LogP contribution in [0.4, 0.5) is 17.1 Å². The molecule has 12 aromatic rings. The fourth-order valence-corrected chi connectivity index (χ4v) is 10.2. The number of fused-ring (bicyclic) bond motifs is 10. The molecule has 0 unspecified atom stereocenters. The van der Waals surface area contributed by atoms with Crippen LogP contribution in [-0.4, -0.2) is 4.57 Å². The average Bonchev–Trinajstić information content (AvgIpc) is 4.07. The van der Waals surface area contributed by atoms with E-state index in [2.05, 4.69) is 199 Å². The number of nitrogens with zero attached hydrogens (tertiary/aromatic N) is 2. The van der Waals surface area contributed by atoms with E-state index in [1.807, 2.05) is 30.3 Å². The molecule has 63 heavy (non-hydrogen) atoms. The smallest absolute Gasteiger partial charge is 0.136 e. The second-order valence-corrected chi connectivity index (χ2v) is 17.3. The van der Waals surface area contributed by atoms with Crippen molar-refractivity contribution in [3.63, 3.8) is 0 Å². The zero-order valence-corrected chi connectivity index (χ0v) is 34.8. The first-order chi connectivity index (χ1) is 31.0. The Bertz CT molecular complexity index is 3720. The number of hydrogen-bond acceptors (Lipinski definition) is 3. The molecule has 9 aromatic carbocycles. The summed E-state index contributed by atoms with van der Waals surface area (Å²) in [5.74, 6) is 0.865. The Kier molecular flexibility index (Phi) is 7.62. The highest BCUT2D eigenvalue weighted by molar-refractivity contribution is 6.17. The van der Waals surface area contributed by atoms with Crippen molar-refractivity contribution in [2.75, 3.05) is 4.90 Å². The summed E-state index contributed by atoms with van der Waals surface area (Å²) < 4.78 is 15.0. The largest absolute Gasteiger partial charge is 0.456 e. The van der Waals surface area contributed by atoms with Crippen LogP contribution >= 0.6 is 0 Å². The third-order valence-electron chi connectivity index (χ3n) is 13.4. The highest BCUT2D eigenvalue weighted by Crippen LogP contribution is 2.51. The first-order valence-corrected chi connectivity index (χ1v) is 21.7. The zero-order valence-electron chi connectivity index (χ0n) is 34.8. The van der Waals surface area contributed by atoms with Crippen molar-refractivity contribution in [1.29, 1.82) is 0 Å². The van der Waals surface area contributed by atoms with Gasteiger partial charge in [0, 0.05) is 60.7 Å². The summed E-state index contributed by atoms with van der Waals surface area (Å²) in [5.41, 5.74) is 18.0. The Morgan fingerprint density at radius 2 is 1.02 bits per heavy atom. The summed E-state index contributed by atoms with van der Waals surface area (Å²) in [6.07, 6.45) is 0. The topological polar surface area (TPSA) is 34.5 Å². The first-order valence-electron chi connectivity index (χ1n) is 21.7. The van der Waals surface area contributed by atoms with Gasteiger partial charge in [-0.2, -0.15) is 0 Å². The predicted octanol–water partition coefficient (Wildman–Crippen LogP) is 16.5. The SMILES string of the molecule is CC1(C)c2ccccc2-c2ccc(N(c3ccc(-c4ccc(-n5c6ccccc6c6cc7oc8ccccc8c7cc65)cc4)cc3)c3ccc(-c4cc5ccccc5o4)cc3)cc21. The Hall–Kier alpha value is -8.08. The average molecular weight is 809 g/mol. The van der Waals surface area contributed by atoms with Crippen molar-refractivity contribution in [2.45, 2.75) is 19.3 Å². The summed E-state index contributed by atoms with van der Waals surface area (Å²) in [4.78, 5) is 2.37. The summed E-state index contributed by atoms with van der Waals surface area (Å²) >= 11 is 0. The number of para-hydroxylation sites is 3. The van der Waals surface area contributed by atoms with Crippen LogP contribution in [-0.2, 0) is 5.41 Å². The maximum Gasteiger partial charge on any atom is 0.136 e. The first kappa shape index (κ1) is 35.7. The Morgan fingerprint density at radius 1 is 0.397 bits per heavy atom. The minimum absolute atomic E-state index is 0.117. The van der Waals surface area contributed by atoms with Gasteiger partial charge in [-0.15, -0.1) is 0 Å². The third kappa shape index (κ3) is 5.48. The molecule has 0 amide bonds. The Balaban J connectivity index is 0.878. The van der Waals surface area contributed by atoms with Crippen molar-refractivity contribution in [3.8, 4) is 39.3 Å². The minimum atomic E-state index is -0.117. The van der Waals surface area contributed by atoms with Crippen LogP contribution in [0.15, 0.2) is 215 Å². The molecule has 3 heterocycles. The molecule has 1 aliphatic rings. The molecule has 0 fully saturated rings. The van der Waals surface area contributed by atoms with Crippen LogP contribution in [0, 0.1) is 0 Å². The van der Waals surface area contributed by atoms with E-state index in [0.29, 0.717) is 0 Å². The second-order valence-electron chi connectivity index (χ2n) is 17.3. The number of hydrogen-bond donors (Lipinski definition) is 0. The molecule has 0 saturated heterocycles. The summed E-state index contributed by atoms with van der Waals surface area (Å²) in [6, 6.07) is 74.2. The van der Waals surface area contributed by atoms with Gasteiger partial charge in [0.15, 0.2) is 0 Å². The normalized spacial score (nSPS) is 13.0. The lowest BCUT2D eigenvalue weighted by Gasteiger charge is -2.28. The van der Waals surface area contributed by atoms with Gasteiger partial charge >= 0.3 is 0 Å². The van der Waals surface area contributed by atoms with E-state index in [4.69, 9.17) is 8.83 Å². The van der Waals surface area contributed by atoms with Crippen molar-refractivity contribution in [3.05, 3.63) is 217 Å². The van der Waals surface area contributed by atoms with Crippen LogP contribution in [0.5, 0.6) is 0 Å². The molecule has 3 aromatic heterocycles. The zero-order chi connectivity index (χ0) is 41.8. The maximum atomic E-state index is 6.32. The fraction of sp³-hybridized carbons (Fsp3) is 0.0508. The van der Waals surface area contributed by atoms with Gasteiger partial charge in [0.1, 0.15) is 22.5 Å². The number of anilines is 3. The van der Waals surface area contributed by atoms with Gasteiger partial charge in [0.05, 0.1) is 11.0 Å². The molecule has 0 radical (unpaired) electrons. The van der Waals surface area contributed by atoms with E-state index >= 15 is 0 Å². The van der Waals surface area contributed by atoms with Crippen LogP contribution in [0.1, 0.15) is 25.0 Å². The van der Waals surface area contributed by atoms with Gasteiger partial charge in [0.25, 0.3) is 0 Å². The predicted molar refractivity (Wildman–Crippen MR) is 261 cm³/mol. The van der Waals surface area contributed by atoms with E-state index in [1.165, 1.54) is 38.5 Å². The van der Waals surface area contributed by atoms with Gasteiger partial charge in [-0.25, -0.2) is 0 Å². The standard InChI is InChI=1S/C59H40N2O2/c1-59(2)51-15-7-4-12-45(51)46-32-31-44(34-52(46)59)60(42-29-23-39(24-30-42)57-33-40-11-3-9-17-55(40)62-57)41-25-19-37(20-26-41)38-21-27-43(28-22-38)61-53-16-8-5-13-47(53)49-36-58-50(35-54(49)61)48-14-6-10-18-56(48)63-58/h3-36H,1-2H3. The number of furan rings is 2. The van der Waals surface area contributed by atoms with E-state index in [0.717, 1.165) is 83.6 Å². The van der Waals surface area contributed by atoms with Gasteiger partial charge in [-0.05, 0) is 130 Å². The molecule has 298 valence electrons. The van der Waals surface area contributed by atoms with Gasteiger partial charge in [-0.1, -0.05) is 123 Å². The summed E-state index contributed by atoms with van der Waals surface area (Å²) in [7, 11) is 0. The molecular formula is C59H40N2O2. The third-order valence-corrected chi connectivity index (χ3v) is 13.4. The van der Waals surface area contributed by atoms with Crippen molar-refractivity contribution in [1.82, 2.24) is 4.57 Å². The van der Waals surface area contributed by atoms with E-state index in [1.54, 1.807) is 0 Å². The fourth-order valence-electron chi connectivity index (χ4n) is 10.2. The molecule has 0 aliphatic heterocycles. The van der Waals surface area contributed by atoms with E-state index in [9.17, 15) is 0 Å². The van der Waals surface area contributed by atoms with Gasteiger partial charge in [-0.3, -0.25) is 0 Å². The van der Waals surface area contributed by atoms with Crippen LogP contribution in [0.2, 0.25) is 0 Å². The quantitative estimate of drug-likeness (QED) is 0.168. The number of benzene rings is 9. The van der Waals surface area contributed by atoms with Gasteiger partial charge < -0.3 is 18.3 Å². The monoisotopic (exact) mass is 808 g/mol. The van der Waals surface area contributed by atoms with Crippen molar-refractivity contribution >= 4 is 71.8 Å². The molecule has 4 heteroatoms. The molecular weight excluding hydrogens is 769 g/mol. The molecule has 0 atom stereocenters. The Morgan fingerprint density at radius 3 is 1.79 bits per heavy atom. The highest BCUT2D eigenvalue weighted by atomic mass is 16.3. The van der Waals surface area contributed by atoms with Gasteiger partial charge in [0.2, 0.25) is 0 Å². The maximum absolute atomic E-state index is 6.32. The molecule has 0 bridgehead atoms. The molecule has 0 saturated carbocycles. The van der Waals surface area contributed by atoms with Crippen LogP contribution in [0.25, 0.3) is 94.0 Å². The summed E-state index contributed by atoms with van der Waals surface area (Å²) in [6.45, 7) is 4.68. The highest BCUT2D eigenvalue weighted by Gasteiger charge is 2.35. The van der Waals surface area contributed by atoms with Crippen molar-refractivity contribution < 1.29 is 8.83 Å². The lowest BCUT2D eigenvalue weighted by atomic mass is 9.82. The second kappa shape index (κ2) is 13.5. The minimum Gasteiger partial charge on any atom is -0.456 e. The molecule has 1 aliphatic carbocycles. The summed E-state index contributed by atoms with van der Waals surface area (Å²) in [5, 5.41) is 5.76. The van der Waals surface area contributed by atoms with E-state index < -0.39 is 0 Å². The molecule has 4 nitrogen and oxygen atoms in total. The number of rotatable bonds is 6. The molecule has 0 spiro atoms. The van der Waals surface area contributed by atoms with Crippen LogP contribution < -0.4 is 4.90 Å². The Labute approximate surface area is 364 Å².